The molecule has 0 aromatic heterocycles. The monoisotopic (exact) mass is 414 g/mol. The molecule has 1 fully saturated rings. The second kappa shape index (κ2) is 9.98. The predicted molar refractivity (Wildman–Crippen MR) is 113 cm³/mol. The number of hydrogen-bond donors (Lipinski definition) is 0. The minimum absolute atomic E-state index is 0.193. The van der Waals surface area contributed by atoms with Gasteiger partial charge in [0.05, 0.1) is 7.11 Å². The fourth-order valence-electron chi connectivity index (χ4n) is 3.04. The molecule has 0 spiro atoms. The van der Waals surface area contributed by atoms with E-state index >= 15 is 0 Å². The third-order valence-corrected chi connectivity index (χ3v) is 4.91. The number of piperazine rings is 1. The molecule has 1 saturated heterocycles. The summed E-state index contributed by atoms with van der Waals surface area (Å²) in [5.41, 5.74) is 1.88. The Morgan fingerprint density at radius 1 is 1.07 bits per heavy atom. The molecule has 0 N–H and O–H groups in total. The van der Waals surface area contributed by atoms with Crippen LogP contribution in [0.15, 0.2) is 54.6 Å². The number of ether oxygens (including phenoxy) is 2. The van der Waals surface area contributed by atoms with Crippen molar-refractivity contribution in [1.82, 2.24) is 4.90 Å². The van der Waals surface area contributed by atoms with Crippen LogP contribution in [-0.4, -0.2) is 56.7 Å². The lowest BCUT2D eigenvalue weighted by Crippen LogP contribution is -2.49. The highest BCUT2D eigenvalue weighted by Crippen LogP contribution is 2.20. The standard InChI is InChI=1S/C22H23ClN2O4/c1-28-20-8-5-17(6-9-20)7-10-22(27)29-16-21(26)25-13-11-24(12-14-25)19-4-2-3-18(23)15-19/h2-10,15H,11-14,16H2,1H3/b10-7+. The molecule has 0 saturated carbocycles. The topological polar surface area (TPSA) is 59.1 Å². The van der Waals surface area contributed by atoms with Gasteiger partial charge in [0.15, 0.2) is 6.61 Å². The molecule has 0 atom stereocenters. The predicted octanol–water partition coefficient (Wildman–Crippen LogP) is 3.25. The van der Waals surface area contributed by atoms with Crippen LogP contribution in [0.5, 0.6) is 5.75 Å². The third kappa shape index (κ3) is 5.99. The summed E-state index contributed by atoms with van der Waals surface area (Å²) >= 11 is 6.04. The van der Waals surface area contributed by atoms with Crippen molar-refractivity contribution in [1.29, 1.82) is 0 Å². The van der Waals surface area contributed by atoms with E-state index in [-0.39, 0.29) is 12.5 Å². The van der Waals surface area contributed by atoms with Crippen molar-refractivity contribution in [3.8, 4) is 5.75 Å². The van der Waals surface area contributed by atoms with Crippen LogP contribution < -0.4 is 9.64 Å². The Balaban J connectivity index is 1.42. The first-order chi connectivity index (χ1) is 14.0. The van der Waals surface area contributed by atoms with E-state index in [2.05, 4.69) is 4.90 Å². The Hall–Kier alpha value is -2.99. The van der Waals surface area contributed by atoms with E-state index in [1.165, 1.54) is 6.08 Å². The van der Waals surface area contributed by atoms with Crippen LogP contribution in [0.3, 0.4) is 0 Å². The van der Waals surface area contributed by atoms with Crippen molar-refractivity contribution >= 4 is 35.2 Å². The highest BCUT2D eigenvalue weighted by atomic mass is 35.5. The van der Waals surface area contributed by atoms with E-state index in [0.717, 1.165) is 17.0 Å². The Kier molecular flexibility index (Phi) is 7.14. The summed E-state index contributed by atoms with van der Waals surface area (Å²) in [6.45, 7) is 2.30. The maximum Gasteiger partial charge on any atom is 0.331 e. The van der Waals surface area contributed by atoms with E-state index in [4.69, 9.17) is 21.1 Å². The molecule has 0 bridgehead atoms. The van der Waals surface area contributed by atoms with Gasteiger partial charge in [-0.2, -0.15) is 0 Å². The first-order valence-electron chi connectivity index (χ1n) is 9.32. The van der Waals surface area contributed by atoms with Gasteiger partial charge in [0.25, 0.3) is 5.91 Å². The molecular formula is C22H23ClN2O4. The molecule has 6 nitrogen and oxygen atoms in total. The molecule has 7 heteroatoms. The molecular weight excluding hydrogens is 392 g/mol. The van der Waals surface area contributed by atoms with Gasteiger partial charge in [-0.3, -0.25) is 4.79 Å². The van der Waals surface area contributed by atoms with Gasteiger partial charge in [0, 0.05) is 43.0 Å². The largest absolute Gasteiger partial charge is 0.497 e. The molecule has 1 aliphatic heterocycles. The van der Waals surface area contributed by atoms with Crippen molar-refractivity contribution in [3.05, 3.63) is 65.2 Å². The number of esters is 1. The van der Waals surface area contributed by atoms with Gasteiger partial charge in [-0.25, -0.2) is 4.79 Å². The van der Waals surface area contributed by atoms with Gasteiger partial charge >= 0.3 is 5.97 Å². The SMILES string of the molecule is COc1ccc(/C=C/C(=O)OCC(=O)N2CCN(c3cccc(Cl)c3)CC2)cc1. The molecule has 2 aromatic rings. The fourth-order valence-corrected chi connectivity index (χ4v) is 3.22. The van der Waals surface area contributed by atoms with E-state index in [1.54, 1.807) is 30.2 Å². The molecule has 1 amide bonds. The molecule has 0 radical (unpaired) electrons. The average molecular weight is 415 g/mol. The van der Waals surface area contributed by atoms with E-state index in [1.807, 2.05) is 36.4 Å². The zero-order valence-corrected chi connectivity index (χ0v) is 17.0. The minimum Gasteiger partial charge on any atom is -0.497 e. The molecule has 0 unspecified atom stereocenters. The maximum atomic E-state index is 12.3. The number of halogens is 1. The number of amides is 1. The van der Waals surface area contributed by atoms with Crippen LogP contribution in [0.4, 0.5) is 5.69 Å². The second-order valence-electron chi connectivity index (χ2n) is 6.56. The summed E-state index contributed by atoms with van der Waals surface area (Å²) < 4.78 is 10.2. The Morgan fingerprint density at radius 3 is 2.45 bits per heavy atom. The number of rotatable bonds is 6. The third-order valence-electron chi connectivity index (χ3n) is 4.67. The summed E-state index contributed by atoms with van der Waals surface area (Å²) in [6, 6.07) is 14.9. The first kappa shape index (κ1) is 20.7. The van der Waals surface area contributed by atoms with E-state index < -0.39 is 5.97 Å². The van der Waals surface area contributed by atoms with Crippen LogP contribution >= 0.6 is 11.6 Å². The first-order valence-corrected chi connectivity index (χ1v) is 9.70. The van der Waals surface area contributed by atoms with Crippen LogP contribution in [0.25, 0.3) is 6.08 Å². The summed E-state index contributed by atoms with van der Waals surface area (Å²) in [4.78, 5) is 28.1. The van der Waals surface area contributed by atoms with Crippen LogP contribution in [0.2, 0.25) is 5.02 Å². The van der Waals surface area contributed by atoms with Gasteiger partial charge in [-0.15, -0.1) is 0 Å². The van der Waals surface area contributed by atoms with Crippen LogP contribution in [0.1, 0.15) is 5.56 Å². The van der Waals surface area contributed by atoms with Crippen molar-refractivity contribution in [2.45, 2.75) is 0 Å². The summed E-state index contributed by atoms with van der Waals surface area (Å²) in [7, 11) is 1.59. The molecule has 0 aliphatic carbocycles. The zero-order chi connectivity index (χ0) is 20.6. The van der Waals surface area contributed by atoms with Crippen molar-refractivity contribution < 1.29 is 19.1 Å². The molecule has 29 heavy (non-hydrogen) atoms. The average Bonchev–Trinajstić information content (AvgIpc) is 2.76. The quantitative estimate of drug-likeness (QED) is 0.536. The van der Waals surface area contributed by atoms with Gasteiger partial charge < -0.3 is 19.3 Å². The number of carbonyl (C=O) groups is 2. The summed E-state index contributed by atoms with van der Waals surface area (Å²) in [5.74, 6) is -0.000504. The lowest BCUT2D eigenvalue weighted by Gasteiger charge is -2.36. The van der Waals surface area contributed by atoms with Crippen molar-refractivity contribution in [2.75, 3.05) is 44.8 Å². The van der Waals surface area contributed by atoms with Gasteiger partial charge in [0.2, 0.25) is 0 Å². The minimum atomic E-state index is -0.549. The summed E-state index contributed by atoms with van der Waals surface area (Å²) in [5, 5.41) is 0.690. The van der Waals surface area contributed by atoms with Crippen molar-refractivity contribution in [3.63, 3.8) is 0 Å². The maximum absolute atomic E-state index is 12.3. The Bertz CT molecular complexity index is 875. The number of carbonyl (C=O) groups excluding carboxylic acids is 2. The Morgan fingerprint density at radius 2 is 1.79 bits per heavy atom. The normalized spacial score (nSPS) is 14.1. The lowest BCUT2D eigenvalue weighted by molar-refractivity contribution is -0.148. The van der Waals surface area contributed by atoms with Crippen molar-refractivity contribution in [2.24, 2.45) is 0 Å². The van der Waals surface area contributed by atoms with Crippen LogP contribution in [-0.2, 0) is 14.3 Å². The van der Waals surface area contributed by atoms with Gasteiger partial charge in [-0.05, 0) is 42.0 Å². The molecule has 1 heterocycles. The van der Waals surface area contributed by atoms with Gasteiger partial charge in [-0.1, -0.05) is 29.8 Å². The molecule has 2 aromatic carbocycles. The number of anilines is 1. The number of methoxy groups -OCH3 is 1. The zero-order valence-electron chi connectivity index (χ0n) is 16.2. The van der Waals surface area contributed by atoms with Crippen LogP contribution in [0, 0.1) is 0 Å². The highest BCUT2D eigenvalue weighted by Gasteiger charge is 2.22. The Labute approximate surface area is 175 Å². The number of benzene rings is 2. The summed E-state index contributed by atoms with van der Waals surface area (Å²) in [6.07, 6.45) is 2.95. The molecule has 1 aliphatic rings. The molecule has 152 valence electrons. The number of nitrogens with zero attached hydrogens (tertiary/aromatic N) is 2. The van der Waals surface area contributed by atoms with E-state index in [0.29, 0.717) is 31.2 Å². The lowest BCUT2D eigenvalue weighted by atomic mass is 10.2. The van der Waals surface area contributed by atoms with E-state index in [9.17, 15) is 9.59 Å². The molecule has 3 rings (SSSR count). The number of hydrogen-bond acceptors (Lipinski definition) is 5. The van der Waals surface area contributed by atoms with Gasteiger partial charge in [0.1, 0.15) is 5.75 Å². The smallest absolute Gasteiger partial charge is 0.331 e. The fraction of sp³-hybridized carbons (Fsp3) is 0.273. The second-order valence-corrected chi connectivity index (χ2v) is 7.00. The highest BCUT2D eigenvalue weighted by molar-refractivity contribution is 6.30.